The second-order valence-corrected chi connectivity index (χ2v) is 13.8. The number of carbonyl (C=O) groups is 1. The van der Waals surface area contributed by atoms with Crippen LogP contribution in [0.5, 0.6) is 0 Å². The van der Waals surface area contributed by atoms with E-state index in [1.165, 1.54) is 18.0 Å². The van der Waals surface area contributed by atoms with Crippen LogP contribution >= 0.6 is 11.3 Å². The number of rotatable bonds is 10. The van der Waals surface area contributed by atoms with Crippen molar-refractivity contribution in [3.63, 3.8) is 0 Å². The number of fused-ring (bicyclic) bond motifs is 2. The number of nitrogens with one attached hydrogen (secondary N) is 2. The maximum Gasteiger partial charge on any atom is 0.393 e. The summed E-state index contributed by atoms with van der Waals surface area (Å²) in [6.07, 6.45) is 0.659. The lowest BCUT2D eigenvalue weighted by Gasteiger charge is -2.33. The molecular formula is C35H36F3N9OS. The van der Waals surface area contributed by atoms with E-state index in [-0.39, 0.29) is 16.8 Å². The van der Waals surface area contributed by atoms with E-state index in [9.17, 15) is 23.2 Å². The molecule has 6 rings (SSSR count). The van der Waals surface area contributed by atoms with Crippen LogP contribution in [0.1, 0.15) is 47.0 Å². The van der Waals surface area contributed by atoms with Crippen LogP contribution in [0.15, 0.2) is 61.6 Å². The number of benzene rings is 1. The average molecular weight is 688 g/mol. The normalized spacial score (nSPS) is 15.6. The number of halogens is 3. The van der Waals surface area contributed by atoms with Gasteiger partial charge in [-0.1, -0.05) is 18.7 Å². The Bertz CT molecular complexity index is 2050. The highest BCUT2D eigenvalue weighted by molar-refractivity contribution is 7.18. The van der Waals surface area contributed by atoms with Gasteiger partial charge in [0, 0.05) is 54.2 Å². The van der Waals surface area contributed by atoms with Gasteiger partial charge in [0.05, 0.1) is 17.3 Å². The predicted octanol–water partition coefficient (Wildman–Crippen LogP) is 6.40. The monoisotopic (exact) mass is 687 g/mol. The molecule has 1 aliphatic heterocycles. The highest BCUT2D eigenvalue weighted by atomic mass is 32.1. The molecule has 4 aromatic heterocycles. The highest BCUT2D eigenvalue weighted by Gasteiger charge is 2.30. The lowest BCUT2D eigenvalue weighted by molar-refractivity contribution is -0.126. The molecule has 0 aliphatic carbocycles. The summed E-state index contributed by atoms with van der Waals surface area (Å²) in [5, 5.41) is 17.8. The van der Waals surface area contributed by atoms with Gasteiger partial charge in [0.1, 0.15) is 34.6 Å². The lowest BCUT2D eigenvalue weighted by Crippen LogP contribution is -2.39. The first-order valence-corrected chi connectivity index (χ1v) is 16.6. The number of likely N-dealkylation sites (tertiary alicyclic amines) is 1. The third kappa shape index (κ3) is 7.59. The quantitative estimate of drug-likeness (QED) is 0.144. The number of hydrogen-bond acceptors (Lipinski definition) is 9. The van der Waals surface area contributed by atoms with Gasteiger partial charge in [-0.15, -0.1) is 11.3 Å². The summed E-state index contributed by atoms with van der Waals surface area (Å²) in [5.74, 6) is 0.615. The molecule has 1 saturated heterocycles. The summed E-state index contributed by atoms with van der Waals surface area (Å²) in [6.45, 7) is 10.2. The minimum atomic E-state index is -4.27. The number of amides is 1. The zero-order valence-corrected chi connectivity index (χ0v) is 28.0. The molecule has 5 heterocycles. The molecule has 1 aliphatic rings. The second-order valence-electron chi connectivity index (χ2n) is 12.7. The summed E-state index contributed by atoms with van der Waals surface area (Å²) >= 11 is 1.05. The van der Waals surface area contributed by atoms with Gasteiger partial charge in [-0.3, -0.25) is 9.69 Å². The van der Waals surface area contributed by atoms with Crippen LogP contribution in [-0.2, 0) is 29.8 Å². The van der Waals surface area contributed by atoms with Crippen molar-refractivity contribution < 1.29 is 18.0 Å². The fourth-order valence-electron chi connectivity index (χ4n) is 6.33. The van der Waals surface area contributed by atoms with Crippen LogP contribution in [0.2, 0.25) is 0 Å². The van der Waals surface area contributed by atoms with Gasteiger partial charge < -0.3 is 20.9 Å². The molecule has 254 valence electrons. The number of aryl methyl sites for hydroxylation is 1. The molecule has 1 unspecified atom stereocenters. The van der Waals surface area contributed by atoms with Crippen LogP contribution in [0.3, 0.4) is 0 Å². The van der Waals surface area contributed by atoms with E-state index in [0.29, 0.717) is 34.1 Å². The van der Waals surface area contributed by atoms with Crippen molar-refractivity contribution in [1.29, 1.82) is 5.26 Å². The van der Waals surface area contributed by atoms with Crippen molar-refractivity contribution in [1.82, 2.24) is 24.4 Å². The van der Waals surface area contributed by atoms with Crippen LogP contribution < -0.4 is 16.4 Å². The summed E-state index contributed by atoms with van der Waals surface area (Å²) in [4.78, 5) is 27.6. The average Bonchev–Trinajstić information content (AvgIpc) is 3.63. The molecule has 0 saturated carbocycles. The Hall–Kier alpha value is -4.84. The minimum Gasteiger partial charge on any atom is -0.367 e. The molecule has 49 heavy (non-hydrogen) atoms. The molecule has 10 nitrogen and oxygen atoms in total. The molecule has 14 heteroatoms. The van der Waals surface area contributed by atoms with E-state index in [2.05, 4.69) is 56.1 Å². The van der Waals surface area contributed by atoms with E-state index in [0.717, 1.165) is 65.8 Å². The van der Waals surface area contributed by atoms with Crippen LogP contribution in [0.25, 0.3) is 21.1 Å². The number of aromatic nitrogens is 4. The van der Waals surface area contributed by atoms with Crippen molar-refractivity contribution in [3.05, 3.63) is 88.8 Å². The molecule has 1 fully saturated rings. The fourth-order valence-corrected chi connectivity index (χ4v) is 7.36. The van der Waals surface area contributed by atoms with E-state index in [1.54, 1.807) is 18.3 Å². The zero-order chi connectivity index (χ0) is 34.9. The van der Waals surface area contributed by atoms with E-state index in [1.807, 2.05) is 29.7 Å². The Balaban J connectivity index is 1.12. The molecule has 1 aromatic carbocycles. The largest absolute Gasteiger partial charge is 0.393 e. The lowest BCUT2D eigenvalue weighted by atomic mass is 9.94. The molecule has 1 atom stereocenters. The zero-order valence-electron chi connectivity index (χ0n) is 27.1. The van der Waals surface area contributed by atoms with Crippen molar-refractivity contribution in [2.75, 3.05) is 23.7 Å². The molecule has 5 aromatic rings. The van der Waals surface area contributed by atoms with Crippen molar-refractivity contribution in [2.24, 2.45) is 5.73 Å². The van der Waals surface area contributed by atoms with Crippen LogP contribution in [0, 0.1) is 18.3 Å². The smallest absolute Gasteiger partial charge is 0.367 e. The first-order chi connectivity index (χ1) is 23.3. The number of anilines is 2. The number of hydrogen-bond donors (Lipinski definition) is 3. The summed E-state index contributed by atoms with van der Waals surface area (Å²) in [7, 11) is 0. The van der Waals surface area contributed by atoms with Crippen molar-refractivity contribution in [2.45, 2.75) is 64.0 Å². The Morgan fingerprint density at radius 2 is 1.94 bits per heavy atom. The number of alkyl halides is 3. The SMILES string of the molecule is C=CC(=O)Nc1ccc(C(C)(N)Cn2c(C#N)cc3c(C)c(CN4CCC(Nc5ncnc6sc(CC(F)(F)F)cc56)CC4)ccc32)cn1. The van der Waals surface area contributed by atoms with Gasteiger partial charge in [0.25, 0.3) is 0 Å². The fraction of sp³-hybridized carbons (Fsp3) is 0.343. The van der Waals surface area contributed by atoms with Gasteiger partial charge in [-0.05, 0) is 73.7 Å². The molecule has 1 amide bonds. The van der Waals surface area contributed by atoms with Gasteiger partial charge in [0.15, 0.2) is 0 Å². The van der Waals surface area contributed by atoms with Crippen molar-refractivity contribution >= 4 is 50.0 Å². The topological polar surface area (TPSA) is 138 Å². The third-order valence-corrected chi connectivity index (χ3v) is 10.0. The number of piperidine rings is 1. The maximum absolute atomic E-state index is 13.0. The molecule has 4 N–H and O–H groups in total. The summed E-state index contributed by atoms with van der Waals surface area (Å²) in [6, 6.07) is 13.6. The van der Waals surface area contributed by atoms with Gasteiger partial charge in [-0.2, -0.15) is 18.4 Å². The number of nitrogens with two attached hydrogens (primary N) is 1. The first-order valence-electron chi connectivity index (χ1n) is 15.8. The Kier molecular flexibility index (Phi) is 9.43. The van der Waals surface area contributed by atoms with Crippen LogP contribution in [-0.4, -0.2) is 55.6 Å². The standard InChI is InChI=1S/C35H36F3N9OS/c1-4-31(48)45-30-8-6-23(17-41-30)34(3,40)19-47-25(16-39)13-27-21(2)22(5-7-29(27)47)18-46-11-9-24(10-12-46)44-32-28-14-26(15-35(36,37)38)49-33(28)43-20-42-32/h4-8,13-14,17,20,24H,1,9-12,15,18-19,40H2,2-3H3,(H,41,45,48)(H,42,43,44). The Morgan fingerprint density at radius 1 is 1.16 bits per heavy atom. The van der Waals surface area contributed by atoms with Crippen molar-refractivity contribution in [3.8, 4) is 6.07 Å². The number of thiophene rings is 1. The summed E-state index contributed by atoms with van der Waals surface area (Å²) in [5.41, 5.74) is 10.4. The number of carbonyl (C=O) groups excluding carboxylic acids is 1. The molecular weight excluding hydrogens is 652 g/mol. The number of pyridine rings is 1. The van der Waals surface area contributed by atoms with E-state index >= 15 is 0 Å². The first kappa shape index (κ1) is 34.0. The third-order valence-electron chi connectivity index (χ3n) is 9.00. The summed E-state index contributed by atoms with van der Waals surface area (Å²) < 4.78 is 40.8. The molecule has 0 spiro atoms. The molecule has 0 bridgehead atoms. The second kappa shape index (κ2) is 13.6. The van der Waals surface area contributed by atoms with Gasteiger partial charge in [0.2, 0.25) is 5.91 Å². The number of nitriles is 1. The minimum absolute atomic E-state index is 0.138. The van der Waals surface area contributed by atoms with Gasteiger partial charge in [-0.25, -0.2) is 15.0 Å². The van der Waals surface area contributed by atoms with E-state index < -0.39 is 18.1 Å². The Labute approximate surface area is 285 Å². The van der Waals surface area contributed by atoms with Crippen LogP contribution in [0.4, 0.5) is 24.8 Å². The van der Waals surface area contributed by atoms with E-state index in [4.69, 9.17) is 5.73 Å². The maximum atomic E-state index is 13.0. The number of nitrogens with zero attached hydrogens (tertiary/aromatic N) is 6. The molecule has 0 radical (unpaired) electrons. The predicted molar refractivity (Wildman–Crippen MR) is 185 cm³/mol. The highest BCUT2D eigenvalue weighted by Crippen LogP contribution is 2.34. The van der Waals surface area contributed by atoms with Gasteiger partial charge >= 0.3 is 6.18 Å². The Morgan fingerprint density at radius 3 is 2.61 bits per heavy atom.